The van der Waals surface area contributed by atoms with Gasteiger partial charge in [-0.05, 0) is 35.4 Å². The fourth-order valence-electron chi connectivity index (χ4n) is 4.96. The Morgan fingerprint density at radius 2 is 1.70 bits per heavy atom. The Labute approximate surface area is 224 Å². The quantitative estimate of drug-likeness (QED) is 0.242. The summed E-state index contributed by atoms with van der Waals surface area (Å²) >= 11 is 3.30. The van der Waals surface area contributed by atoms with Gasteiger partial charge in [-0.1, -0.05) is 72.4 Å². The Bertz CT molecular complexity index is 1580. The molecule has 5 nitrogen and oxygen atoms in total. The summed E-state index contributed by atoms with van der Waals surface area (Å²) in [7, 11) is 1.67. The molecular formula is C30H28N3O2S2+. The second-order valence-corrected chi connectivity index (χ2v) is 11.3. The predicted octanol–water partition coefficient (Wildman–Crippen LogP) is 4.89. The van der Waals surface area contributed by atoms with E-state index in [4.69, 9.17) is 9.72 Å². The molecule has 186 valence electrons. The smallest absolute Gasteiger partial charge is 0.267 e. The summed E-state index contributed by atoms with van der Waals surface area (Å²) in [5.74, 6) is 1.55. The van der Waals surface area contributed by atoms with Gasteiger partial charge in [0.1, 0.15) is 23.7 Å². The summed E-state index contributed by atoms with van der Waals surface area (Å²) in [6, 6.07) is 28.6. The maximum Gasteiger partial charge on any atom is 0.267 e. The van der Waals surface area contributed by atoms with Gasteiger partial charge in [-0.15, -0.1) is 11.3 Å². The number of hydrogen-bond acceptors (Lipinski definition) is 5. The monoisotopic (exact) mass is 526 g/mol. The van der Waals surface area contributed by atoms with Crippen LogP contribution in [0.5, 0.6) is 5.75 Å². The zero-order valence-electron chi connectivity index (χ0n) is 20.6. The Hall–Kier alpha value is -3.39. The van der Waals surface area contributed by atoms with E-state index in [0.29, 0.717) is 0 Å². The molecule has 0 saturated heterocycles. The summed E-state index contributed by atoms with van der Waals surface area (Å²) in [6.07, 6.45) is 0.904. The van der Waals surface area contributed by atoms with Crippen LogP contribution in [0.15, 0.2) is 94.9 Å². The second-order valence-electron chi connectivity index (χ2n) is 9.28. The molecule has 0 bridgehead atoms. The van der Waals surface area contributed by atoms with E-state index >= 15 is 0 Å². The van der Waals surface area contributed by atoms with Crippen molar-refractivity contribution >= 4 is 33.3 Å². The van der Waals surface area contributed by atoms with Gasteiger partial charge in [0.2, 0.25) is 0 Å². The number of quaternary nitrogens is 1. The molecule has 3 aromatic carbocycles. The SMILES string of the molecule is COc1ccc(CSc2nc3sc4c(c3c(=O)n2-c2ccccc2)CC[NH+](Cc2ccccc2)C4)cc1. The van der Waals surface area contributed by atoms with Gasteiger partial charge in [0.15, 0.2) is 5.16 Å². The number of nitrogens with one attached hydrogen (secondary N) is 1. The van der Waals surface area contributed by atoms with Crippen molar-refractivity contribution in [1.82, 2.24) is 9.55 Å². The molecule has 0 amide bonds. The van der Waals surface area contributed by atoms with Crippen LogP contribution in [0.4, 0.5) is 0 Å². The highest BCUT2D eigenvalue weighted by Crippen LogP contribution is 2.32. The van der Waals surface area contributed by atoms with Gasteiger partial charge in [0.25, 0.3) is 5.56 Å². The Balaban J connectivity index is 1.37. The molecule has 1 unspecified atom stereocenters. The Morgan fingerprint density at radius 3 is 2.43 bits per heavy atom. The fourth-order valence-corrected chi connectivity index (χ4v) is 7.26. The van der Waals surface area contributed by atoms with Crippen LogP contribution in [0.3, 0.4) is 0 Å². The maximum atomic E-state index is 14.0. The molecule has 1 N–H and O–H groups in total. The molecule has 0 spiro atoms. The van der Waals surface area contributed by atoms with E-state index in [1.165, 1.54) is 20.9 Å². The maximum absolute atomic E-state index is 14.0. The molecule has 0 fully saturated rings. The summed E-state index contributed by atoms with van der Waals surface area (Å²) in [5, 5.41) is 1.53. The van der Waals surface area contributed by atoms with Crippen molar-refractivity contribution in [2.75, 3.05) is 13.7 Å². The number of ether oxygens (including phenoxy) is 1. The van der Waals surface area contributed by atoms with Crippen molar-refractivity contribution in [2.45, 2.75) is 30.4 Å². The molecule has 1 aliphatic rings. The van der Waals surface area contributed by atoms with Crippen molar-refractivity contribution in [3.63, 3.8) is 0 Å². The van der Waals surface area contributed by atoms with Gasteiger partial charge in [-0.3, -0.25) is 9.36 Å². The number of fused-ring (bicyclic) bond motifs is 3. The number of hydrogen-bond donors (Lipinski definition) is 1. The number of rotatable bonds is 7. The van der Waals surface area contributed by atoms with E-state index in [1.54, 1.807) is 34.8 Å². The van der Waals surface area contributed by atoms with Gasteiger partial charge in [0.05, 0.1) is 29.6 Å². The van der Waals surface area contributed by atoms with Gasteiger partial charge in [0, 0.05) is 17.7 Å². The molecule has 7 heteroatoms. The number of aromatic nitrogens is 2. The number of thioether (sulfide) groups is 1. The molecule has 0 radical (unpaired) electrons. The number of methoxy groups -OCH3 is 1. The standard InChI is InChI=1S/C30H27N3O2S2/c1-35-24-14-12-22(13-15-24)20-36-30-31-28-27(29(34)33(30)23-10-6-3-7-11-23)25-16-17-32(19-26(25)37-28)18-21-8-4-2-5-9-21/h2-15H,16-20H2,1H3/p+1. The number of benzene rings is 3. The third-order valence-corrected chi connectivity index (χ3v) is 8.99. The Kier molecular flexibility index (Phi) is 6.83. The first-order chi connectivity index (χ1) is 18.2. The normalized spacial score (nSPS) is 15.0. The summed E-state index contributed by atoms with van der Waals surface area (Å²) in [4.78, 5) is 22.8. The first-order valence-electron chi connectivity index (χ1n) is 12.5. The highest BCUT2D eigenvalue weighted by atomic mass is 32.2. The van der Waals surface area contributed by atoms with E-state index in [2.05, 4.69) is 42.5 Å². The number of para-hydroxylation sites is 1. The molecule has 1 atom stereocenters. The second kappa shape index (κ2) is 10.5. The van der Waals surface area contributed by atoms with Crippen molar-refractivity contribution in [3.8, 4) is 11.4 Å². The van der Waals surface area contributed by atoms with E-state index < -0.39 is 0 Å². The molecule has 1 aliphatic heterocycles. The van der Waals surface area contributed by atoms with Gasteiger partial charge < -0.3 is 9.64 Å². The lowest BCUT2D eigenvalue weighted by Crippen LogP contribution is -3.10. The average molecular weight is 527 g/mol. The third-order valence-electron chi connectivity index (χ3n) is 6.85. The lowest BCUT2D eigenvalue weighted by atomic mass is 10.0. The highest BCUT2D eigenvalue weighted by molar-refractivity contribution is 7.98. The van der Waals surface area contributed by atoms with Crippen LogP contribution in [-0.2, 0) is 25.3 Å². The van der Waals surface area contributed by atoms with Crippen molar-refractivity contribution in [3.05, 3.63) is 117 Å². The van der Waals surface area contributed by atoms with Crippen LogP contribution >= 0.6 is 23.1 Å². The highest BCUT2D eigenvalue weighted by Gasteiger charge is 2.27. The first kappa shape index (κ1) is 24.0. The molecule has 0 saturated carbocycles. The molecule has 2 aromatic heterocycles. The average Bonchev–Trinajstić information content (AvgIpc) is 3.31. The van der Waals surface area contributed by atoms with Crippen LogP contribution in [0.25, 0.3) is 15.9 Å². The molecule has 37 heavy (non-hydrogen) atoms. The van der Waals surface area contributed by atoms with E-state index in [1.807, 2.05) is 42.5 Å². The summed E-state index contributed by atoms with van der Waals surface area (Å²) in [6.45, 7) is 2.95. The molecule has 5 aromatic rings. The number of nitrogens with zero attached hydrogens (tertiary/aromatic N) is 2. The van der Waals surface area contributed by atoms with Crippen LogP contribution < -0.4 is 15.2 Å². The van der Waals surface area contributed by atoms with Gasteiger partial charge in [-0.25, -0.2) is 4.98 Å². The lowest BCUT2D eigenvalue weighted by Gasteiger charge is -2.24. The van der Waals surface area contributed by atoms with Crippen LogP contribution in [0.1, 0.15) is 21.6 Å². The summed E-state index contributed by atoms with van der Waals surface area (Å²) in [5.41, 5.74) is 4.60. The van der Waals surface area contributed by atoms with Crippen LogP contribution in [-0.4, -0.2) is 23.2 Å². The van der Waals surface area contributed by atoms with Gasteiger partial charge >= 0.3 is 0 Å². The van der Waals surface area contributed by atoms with Crippen molar-refractivity contribution in [2.24, 2.45) is 0 Å². The van der Waals surface area contributed by atoms with Crippen molar-refractivity contribution in [1.29, 1.82) is 0 Å². The first-order valence-corrected chi connectivity index (χ1v) is 14.3. The minimum Gasteiger partial charge on any atom is -0.497 e. The van der Waals surface area contributed by atoms with Crippen molar-refractivity contribution < 1.29 is 9.64 Å². The lowest BCUT2D eigenvalue weighted by molar-refractivity contribution is -0.929. The molecular weight excluding hydrogens is 498 g/mol. The van der Waals surface area contributed by atoms with Gasteiger partial charge in [-0.2, -0.15) is 0 Å². The molecule has 0 aliphatic carbocycles. The predicted molar refractivity (Wildman–Crippen MR) is 151 cm³/mol. The third kappa shape index (κ3) is 4.94. The summed E-state index contributed by atoms with van der Waals surface area (Å²) < 4.78 is 7.09. The van der Waals surface area contributed by atoms with Crippen LogP contribution in [0, 0.1) is 0 Å². The zero-order valence-corrected chi connectivity index (χ0v) is 22.3. The minimum atomic E-state index is 0.0393. The van der Waals surface area contributed by atoms with E-state index in [9.17, 15) is 4.79 Å². The fraction of sp³-hybridized carbons (Fsp3) is 0.200. The topological polar surface area (TPSA) is 48.6 Å². The van der Waals surface area contributed by atoms with E-state index in [-0.39, 0.29) is 5.56 Å². The largest absolute Gasteiger partial charge is 0.497 e. The molecule has 6 rings (SSSR count). The van der Waals surface area contributed by atoms with Crippen LogP contribution in [0.2, 0.25) is 0 Å². The molecule has 3 heterocycles. The number of thiophene rings is 1. The van der Waals surface area contributed by atoms with E-state index in [0.717, 1.165) is 64.2 Å². The minimum absolute atomic E-state index is 0.0393. The zero-order chi connectivity index (χ0) is 25.2. The Morgan fingerprint density at radius 1 is 0.973 bits per heavy atom.